The van der Waals surface area contributed by atoms with Crippen LogP contribution in [0.4, 0.5) is 0 Å². The van der Waals surface area contributed by atoms with Gasteiger partial charge in [0.15, 0.2) is 0 Å². The summed E-state index contributed by atoms with van der Waals surface area (Å²) < 4.78 is 0. The molecule has 10 heavy (non-hydrogen) atoms. The van der Waals surface area contributed by atoms with Gasteiger partial charge in [-0.1, -0.05) is 35.8 Å². The summed E-state index contributed by atoms with van der Waals surface area (Å²) in [6.07, 6.45) is 0. The van der Waals surface area contributed by atoms with Gasteiger partial charge >= 0.3 is 29.6 Å². The Kier molecular flexibility index (Phi) is 5.04. The normalized spacial score (nSPS) is 8.20. The molecule has 46 valence electrons. The van der Waals surface area contributed by atoms with E-state index in [1.165, 1.54) is 0 Å². The van der Waals surface area contributed by atoms with Crippen molar-refractivity contribution >= 4 is 12.6 Å². The molecule has 0 spiro atoms. The fraction of sp³-hybridized carbons (Fsp3) is 0. The van der Waals surface area contributed by atoms with Gasteiger partial charge in [-0.15, -0.1) is 0 Å². The van der Waals surface area contributed by atoms with Crippen LogP contribution in [-0.2, 0) is 0 Å². The molecule has 0 radical (unpaired) electrons. The molecule has 0 bridgehead atoms. The Balaban J connectivity index is 0.000000810. The summed E-state index contributed by atoms with van der Waals surface area (Å²) in [7, 11) is -1.59. The van der Waals surface area contributed by atoms with Crippen molar-refractivity contribution in [2.45, 2.75) is 0 Å². The molecule has 0 amide bonds. The topological polar surface area (TPSA) is 43.3 Å². The molecule has 1 N–H and O–H groups in total. The Morgan fingerprint density at radius 1 is 1.20 bits per heavy atom. The number of rotatable bonds is 1. The molecule has 1 aromatic rings. The first-order valence-electron chi connectivity index (χ1n) is 2.69. The predicted molar refractivity (Wildman–Crippen MR) is 34.0 cm³/mol. The van der Waals surface area contributed by atoms with Crippen LogP contribution in [0.25, 0.3) is 0 Å². The van der Waals surface area contributed by atoms with Gasteiger partial charge < -0.3 is 10.0 Å². The Morgan fingerprint density at radius 3 is 2.00 bits per heavy atom. The fourth-order valence-corrected chi connectivity index (χ4v) is 0.618. The van der Waals surface area contributed by atoms with Crippen molar-refractivity contribution in [2.24, 2.45) is 0 Å². The van der Waals surface area contributed by atoms with Crippen molar-refractivity contribution in [3.8, 4) is 0 Å². The van der Waals surface area contributed by atoms with Crippen LogP contribution in [0.5, 0.6) is 0 Å². The maximum atomic E-state index is 10.3. The largest absolute Gasteiger partial charge is 1.00 e. The molecule has 2 nitrogen and oxygen atoms in total. The van der Waals surface area contributed by atoms with E-state index >= 15 is 0 Å². The van der Waals surface area contributed by atoms with Crippen molar-refractivity contribution in [1.29, 1.82) is 0 Å². The average Bonchev–Trinajstić information content (AvgIpc) is 1.90. The van der Waals surface area contributed by atoms with Crippen LogP contribution >= 0.6 is 0 Å². The van der Waals surface area contributed by atoms with Gasteiger partial charge in [-0.3, -0.25) is 0 Å². The van der Waals surface area contributed by atoms with Gasteiger partial charge in [0.25, 0.3) is 0 Å². The van der Waals surface area contributed by atoms with E-state index in [-0.39, 0.29) is 29.6 Å². The summed E-state index contributed by atoms with van der Waals surface area (Å²) in [5.74, 6) is 0. The third-order valence-electron chi connectivity index (χ3n) is 1.08. The maximum Gasteiger partial charge on any atom is 1.00 e. The molecular weight excluding hydrogens is 138 g/mol. The quantitative estimate of drug-likeness (QED) is 0.405. The minimum atomic E-state index is -1.59. The van der Waals surface area contributed by atoms with E-state index in [0.29, 0.717) is 5.46 Å². The third kappa shape index (κ3) is 2.86. The minimum absolute atomic E-state index is 0. The average molecular weight is 144 g/mol. The Bertz CT molecular complexity index is 178. The molecule has 0 saturated carbocycles. The second kappa shape index (κ2) is 4.94. The molecule has 0 aromatic heterocycles. The molecule has 0 atom stereocenters. The van der Waals surface area contributed by atoms with Gasteiger partial charge in [-0.25, -0.2) is 0 Å². The Labute approximate surface area is 82.3 Å². The van der Waals surface area contributed by atoms with E-state index in [9.17, 15) is 5.02 Å². The fourth-order valence-electron chi connectivity index (χ4n) is 0.618. The van der Waals surface area contributed by atoms with Crippen molar-refractivity contribution in [2.75, 3.05) is 0 Å². The molecular formula is C6H6BNaO2. The summed E-state index contributed by atoms with van der Waals surface area (Å²) in [4.78, 5) is 0. The van der Waals surface area contributed by atoms with Crippen LogP contribution in [-0.4, -0.2) is 12.1 Å². The van der Waals surface area contributed by atoms with Crippen LogP contribution in [0.15, 0.2) is 30.3 Å². The number of benzene rings is 1. The van der Waals surface area contributed by atoms with Crippen LogP contribution in [0.3, 0.4) is 0 Å². The molecule has 0 saturated heterocycles. The summed E-state index contributed by atoms with van der Waals surface area (Å²) in [6.45, 7) is 0. The van der Waals surface area contributed by atoms with E-state index in [2.05, 4.69) is 0 Å². The van der Waals surface area contributed by atoms with Gasteiger partial charge in [0.05, 0.1) is 0 Å². The monoisotopic (exact) mass is 144 g/mol. The maximum absolute atomic E-state index is 10.3. The zero-order valence-electron chi connectivity index (χ0n) is 5.82. The van der Waals surface area contributed by atoms with Crippen LogP contribution in [0.1, 0.15) is 0 Å². The first kappa shape index (κ1) is 10.2. The molecule has 0 heterocycles. The summed E-state index contributed by atoms with van der Waals surface area (Å²) >= 11 is 0. The van der Waals surface area contributed by atoms with Crippen LogP contribution < -0.4 is 40.0 Å². The molecule has 0 aliphatic heterocycles. The second-order valence-electron chi connectivity index (χ2n) is 1.76. The van der Waals surface area contributed by atoms with E-state index in [0.717, 1.165) is 0 Å². The van der Waals surface area contributed by atoms with E-state index < -0.39 is 7.12 Å². The molecule has 0 unspecified atom stereocenters. The first-order valence-corrected chi connectivity index (χ1v) is 2.69. The molecule has 0 fully saturated rings. The van der Waals surface area contributed by atoms with Gasteiger partial charge in [0.2, 0.25) is 7.12 Å². The first-order chi connectivity index (χ1) is 4.30. The van der Waals surface area contributed by atoms with E-state index in [1.807, 2.05) is 0 Å². The smallest absolute Gasteiger partial charge is 0.853 e. The molecule has 1 rings (SSSR count). The van der Waals surface area contributed by atoms with Crippen molar-refractivity contribution in [3.63, 3.8) is 0 Å². The Morgan fingerprint density at radius 2 is 1.70 bits per heavy atom. The third-order valence-corrected chi connectivity index (χ3v) is 1.08. The zero-order chi connectivity index (χ0) is 6.69. The number of hydrogen-bond donors (Lipinski definition) is 1. The standard InChI is InChI=1S/C6H6BO2.Na/c8-7(9)6-4-2-1-3-5-6;/h1-5,8H;/q-1;+1. The van der Waals surface area contributed by atoms with E-state index in [1.54, 1.807) is 30.3 Å². The van der Waals surface area contributed by atoms with Gasteiger partial charge in [-0.2, -0.15) is 0 Å². The van der Waals surface area contributed by atoms with Crippen molar-refractivity contribution in [3.05, 3.63) is 30.3 Å². The summed E-state index contributed by atoms with van der Waals surface area (Å²) in [6, 6.07) is 8.42. The number of hydrogen-bond acceptors (Lipinski definition) is 2. The van der Waals surface area contributed by atoms with Crippen molar-refractivity contribution < 1.29 is 39.6 Å². The molecule has 1 aromatic carbocycles. The second-order valence-corrected chi connectivity index (χ2v) is 1.76. The SMILES string of the molecule is [Na+].[O-]B(O)c1ccccc1. The Hall–Kier alpha value is 0.205. The predicted octanol–water partition coefficient (Wildman–Crippen LogP) is -4.26. The van der Waals surface area contributed by atoms with Gasteiger partial charge in [0.1, 0.15) is 0 Å². The molecule has 0 aliphatic carbocycles. The van der Waals surface area contributed by atoms with Gasteiger partial charge in [-0.05, 0) is 0 Å². The van der Waals surface area contributed by atoms with Crippen molar-refractivity contribution in [1.82, 2.24) is 0 Å². The van der Waals surface area contributed by atoms with Crippen LogP contribution in [0, 0.1) is 0 Å². The zero-order valence-corrected chi connectivity index (χ0v) is 7.82. The molecule has 4 heteroatoms. The summed E-state index contributed by atoms with van der Waals surface area (Å²) in [5, 5.41) is 18.8. The van der Waals surface area contributed by atoms with Crippen LogP contribution in [0.2, 0.25) is 0 Å². The van der Waals surface area contributed by atoms with E-state index in [4.69, 9.17) is 5.02 Å². The summed E-state index contributed by atoms with van der Waals surface area (Å²) in [5.41, 5.74) is 0.414. The van der Waals surface area contributed by atoms with Gasteiger partial charge in [0, 0.05) is 0 Å². The minimum Gasteiger partial charge on any atom is -0.853 e. The molecule has 0 aliphatic rings.